The molecule has 0 saturated carbocycles. The zero-order valence-electron chi connectivity index (χ0n) is 11.7. The number of hydrogen-bond acceptors (Lipinski definition) is 3. The molecule has 0 aliphatic heterocycles. The molecule has 1 rings (SSSR count). The third-order valence-corrected chi connectivity index (χ3v) is 2.55. The van der Waals surface area contributed by atoms with E-state index in [2.05, 4.69) is 21.2 Å². The molecule has 0 heterocycles. The van der Waals surface area contributed by atoms with E-state index in [-0.39, 0.29) is 10.6 Å². The van der Waals surface area contributed by atoms with Crippen LogP contribution in [-0.2, 0) is 11.2 Å². The van der Waals surface area contributed by atoms with E-state index in [1.165, 1.54) is 6.07 Å². The normalized spacial score (nSPS) is 12.9. The summed E-state index contributed by atoms with van der Waals surface area (Å²) in [5.74, 6) is 0.179. The molecule has 0 spiro atoms. The molecule has 0 saturated heterocycles. The van der Waals surface area contributed by atoms with Crippen LogP contribution >= 0.6 is 15.9 Å². The van der Waals surface area contributed by atoms with Crippen molar-refractivity contribution in [3.8, 4) is 5.75 Å². The fraction of sp³-hybridized carbons (Fsp3) is 0.500. The molecule has 0 radical (unpaired) electrons. The van der Waals surface area contributed by atoms with Crippen LogP contribution in [0, 0.1) is 0 Å². The van der Waals surface area contributed by atoms with Crippen molar-refractivity contribution in [3.63, 3.8) is 0 Å². The van der Waals surface area contributed by atoms with Gasteiger partial charge >= 0.3 is 6.09 Å². The molecular formula is C14H20BrNO3. The Morgan fingerprint density at radius 2 is 2.11 bits per heavy atom. The highest BCUT2D eigenvalue weighted by Crippen LogP contribution is 2.24. The van der Waals surface area contributed by atoms with Gasteiger partial charge in [-0.1, -0.05) is 22.9 Å². The number of carbonyl (C=O) groups excluding carboxylic acids is 1. The number of halogens is 1. The third kappa shape index (κ3) is 5.96. The maximum atomic E-state index is 11.7. The summed E-state index contributed by atoms with van der Waals surface area (Å²) in [6.07, 6.45) is 0.196. The Labute approximate surface area is 122 Å². The van der Waals surface area contributed by atoms with Crippen LogP contribution in [0.25, 0.3) is 0 Å². The van der Waals surface area contributed by atoms with Crippen LogP contribution in [0.1, 0.15) is 33.3 Å². The molecule has 1 atom stereocenters. The molecule has 0 fully saturated rings. The molecule has 1 aromatic carbocycles. The molecular weight excluding hydrogens is 310 g/mol. The second-order valence-electron chi connectivity index (χ2n) is 5.45. The molecule has 2 N–H and O–H groups in total. The maximum Gasteiger partial charge on any atom is 0.412 e. The number of aromatic hydroxyl groups is 1. The van der Waals surface area contributed by atoms with Crippen molar-refractivity contribution in [1.29, 1.82) is 0 Å². The summed E-state index contributed by atoms with van der Waals surface area (Å²) in [5, 5.41) is 12.2. The minimum Gasteiger partial charge on any atom is -0.508 e. The van der Waals surface area contributed by atoms with Gasteiger partial charge in [0.25, 0.3) is 0 Å². The van der Waals surface area contributed by atoms with Crippen molar-refractivity contribution >= 4 is 27.7 Å². The van der Waals surface area contributed by atoms with E-state index in [9.17, 15) is 9.90 Å². The van der Waals surface area contributed by atoms with Gasteiger partial charge in [-0.05, 0) is 51.0 Å². The lowest BCUT2D eigenvalue weighted by Crippen LogP contribution is -2.27. The van der Waals surface area contributed by atoms with E-state index < -0.39 is 11.7 Å². The van der Waals surface area contributed by atoms with Crippen LogP contribution in [0.3, 0.4) is 0 Å². The first kappa shape index (κ1) is 15.8. The van der Waals surface area contributed by atoms with Crippen molar-refractivity contribution in [3.05, 3.63) is 23.8 Å². The van der Waals surface area contributed by atoms with Gasteiger partial charge in [0.1, 0.15) is 11.4 Å². The summed E-state index contributed by atoms with van der Waals surface area (Å²) >= 11 is 3.46. The van der Waals surface area contributed by atoms with Gasteiger partial charge in [-0.25, -0.2) is 4.79 Å². The van der Waals surface area contributed by atoms with Gasteiger partial charge in [-0.3, -0.25) is 5.32 Å². The zero-order valence-corrected chi connectivity index (χ0v) is 13.2. The summed E-state index contributed by atoms with van der Waals surface area (Å²) in [4.78, 5) is 12.0. The predicted octanol–water partition coefficient (Wildman–Crippen LogP) is 4.07. The van der Waals surface area contributed by atoms with Crippen LogP contribution in [0.15, 0.2) is 18.2 Å². The average Bonchev–Trinajstić information content (AvgIpc) is 2.18. The van der Waals surface area contributed by atoms with E-state index in [1.54, 1.807) is 12.1 Å². The standard InChI is InChI=1S/C14H20BrNO3/c1-9(15)7-10-8-11(17)5-6-12(10)16-13(18)19-14(2,3)4/h5-6,8-9,17H,7H2,1-4H3,(H,16,18). The molecule has 106 valence electrons. The van der Waals surface area contributed by atoms with Gasteiger partial charge in [-0.15, -0.1) is 0 Å². The van der Waals surface area contributed by atoms with Crippen LogP contribution < -0.4 is 5.32 Å². The number of hydrogen-bond donors (Lipinski definition) is 2. The Balaban J connectivity index is 2.85. The Morgan fingerprint density at radius 3 is 2.63 bits per heavy atom. The van der Waals surface area contributed by atoms with Gasteiger partial charge < -0.3 is 9.84 Å². The number of alkyl halides is 1. The fourth-order valence-corrected chi connectivity index (χ4v) is 1.94. The number of nitrogens with one attached hydrogen (secondary N) is 1. The van der Waals surface area contributed by atoms with Crippen molar-refractivity contribution < 1.29 is 14.6 Å². The Kier molecular flexibility index (Phi) is 5.23. The Bertz CT molecular complexity index is 452. The molecule has 0 aromatic heterocycles. The zero-order chi connectivity index (χ0) is 14.6. The third-order valence-electron chi connectivity index (χ3n) is 2.23. The van der Waals surface area contributed by atoms with E-state index in [0.717, 1.165) is 5.56 Å². The summed E-state index contributed by atoms with van der Waals surface area (Å²) in [5.41, 5.74) is 0.970. The lowest BCUT2D eigenvalue weighted by Gasteiger charge is -2.20. The van der Waals surface area contributed by atoms with Gasteiger partial charge in [0.2, 0.25) is 0 Å². The number of benzene rings is 1. The number of amides is 1. The quantitative estimate of drug-likeness (QED) is 0.649. The second kappa shape index (κ2) is 6.28. The Morgan fingerprint density at radius 1 is 1.47 bits per heavy atom. The molecule has 0 aliphatic carbocycles. The van der Waals surface area contributed by atoms with Crippen LogP contribution in [-0.4, -0.2) is 21.6 Å². The van der Waals surface area contributed by atoms with Crippen LogP contribution in [0.4, 0.5) is 10.5 Å². The smallest absolute Gasteiger partial charge is 0.412 e. The maximum absolute atomic E-state index is 11.7. The molecule has 19 heavy (non-hydrogen) atoms. The highest BCUT2D eigenvalue weighted by molar-refractivity contribution is 9.09. The summed E-state index contributed by atoms with van der Waals surface area (Å²) in [6, 6.07) is 4.85. The summed E-state index contributed by atoms with van der Waals surface area (Å²) < 4.78 is 5.21. The van der Waals surface area contributed by atoms with E-state index in [0.29, 0.717) is 12.1 Å². The highest BCUT2D eigenvalue weighted by atomic mass is 79.9. The molecule has 5 heteroatoms. The minimum atomic E-state index is -0.538. The molecule has 0 aliphatic rings. The SMILES string of the molecule is CC(Br)Cc1cc(O)ccc1NC(=O)OC(C)(C)C. The van der Waals surface area contributed by atoms with E-state index in [4.69, 9.17) is 4.74 Å². The van der Waals surface area contributed by atoms with E-state index in [1.807, 2.05) is 27.7 Å². The molecule has 1 unspecified atom stereocenters. The highest BCUT2D eigenvalue weighted by Gasteiger charge is 2.17. The Hall–Kier alpha value is -1.23. The number of rotatable bonds is 3. The summed E-state index contributed by atoms with van der Waals surface area (Å²) in [7, 11) is 0. The van der Waals surface area contributed by atoms with E-state index >= 15 is 0 Å². The molecule has 0 bridgehead atoms. The summed E-state index contributed by atoms with van der Waals surface area (Å²) in [6.45, 7) is 7.43. The van der Waals surface area contributed by atoms with Crippen molar-refractivity contribution in [2.45, 2.75) is 44.5 Å². The van der Waals surface area contributed by atoms with Gasteiger partial charge in [0, 0.05) is 10.5 Å². The van der Waals surface area contributed by atoms with Crippen molar-refractivity contribution in [1.82, 2.24) is 0 Å². The van der Waals surface area contributed by atoms with Crippen LogP contribution in [0.2, 0.25) is 0 Å². The molecule has 1 amide bonds. The number of phenols is 1. The number of anilines is 1. The largest absolute Gasteiger partial charge is 0.508 e. The van der Waals surface area contributed by atoms with Crippen LogP contribution in [0.5, 0.6) is 5.75 Å². The fourth-order valence-electron chi connectivity index (χ4n) is 1.59. The predicted molar refractivity (Wildman–Crippen MR) is 80.1 cm³/mol. The molecule has 1 aromatic rings. The first-order valence-corrected chi connectivity index (χ1v) is 7.05. The second-order valence-corrected chi connectivity index (χ2v) is 7.02. The van der Waals surface area contributed by atoms with Gasteiger partial charge in [0.05, 0.1) is 0 Å². The minimum absolute atomic E-state index is 0.179. The number of phenolic OH excluding ortho intramolecular Hbond substituents is 1. The lowest BCUT2D eigenvalue weighted by atomic mass is 10.1. The first-order chi connectivity index (χ1) is 8.67. The number of ether oxygens (including phenoxy) is 1. The monoisotopic (exact) mass is 329 g/mol. The molecule has 4 nitrogen and oxygen atoms in total. The average molecular weight is 330 g/mol. The first-order valence-electron chi connectivity index (χ1n) is 6.13. The van der Waals surface area contributed by atoms with Gasteiger partial charge in [-0.2, -0.15) is 0 Å². The van der Waals surface area contributed by atoms with Crippen molar-refractivity contribution in [2.75, 3.05) is 5.32 Å². The van der Waals surface area contributed by atoms with Crippen molar-refractivity contribution in [2.24, 2.45) is 0 Å². The number of carbonyl (C=O) groups is 1. The van der Waals surface area contributed by atoms with Gasteiger partial charge in [0.15, 0.2) is 0 Å². The lowest BCUT2D eigenvalue weighted by molar-refractivity contribution is 0.0635. The topological polar surface area (TPSA) is 58.6 Å².